The lowest BCUT2D eigenvalue weighted by molar-refractivity contribution is -0.129. The average molecular weight is 306 g/mol. The van der Waals surface area contributed by atoms with E-state index in [2.05, 4.69) is 9.55 Å². The maximum atomic E-state index is 12.3. The first-order valence-corrected chi connectivity index (χ1v) is 8.12. The first-order chi connectivity index (χ1) is 9.38. The molecule has 114 valence electrons. The highest BCUT2D eigenvalue weighted by molar-refractivity contribution is 7.99. The number of hydrogen-bond donors (Lipinski definition) is 0. The van der Waals surface area contributed by atoms with E-state index in [1.807, 2.05) is 13.8 Å². The van der Waals surface area contributed by atoms with E-state index in [0.29, 0.717) is 6.04 Å². The SMILES string of the molecule is Cc1nc(SCCC(F)(F)F)n(C2CCCCC2)c1C. The number of thioether (sulfide) groups is 1. The first kappa shape index (κ1) is 15.7. The lowest BCUT2D eigenvalue weighted by Crippen LogP contribution is -2.15. The third-order valence-corrected chi connectivity index (χ3v) is 4.87. The fourth-order valence-electron chi connectivity index (χ4n) is 2.73. The van der Waals surface area contributed by atoms with Crippen molar-refractivity contribution in [1.29, 1.82) is 0 Å². The van der Waals surface area contributed by atoms with Gasteiger partial charge in [0.05, 0.1) is 12.1 Å². The molecule has 0 spiro atoms. The van der Waals surface area contributed by atoms with Gasteiger partial charge in [-0.05, 0) is 26.7 Å². The summed E-state index contributed by atoms with van der Waals surface area (Å²) in [6, 6.07) is 0.415. The van der Waals surface area contributed by atoms with Crippen LogP contribution in [0.2, 0.25) is 0 Å². The summed E-state index contributed by atoms with van der Waals surface area (Å²) in [6.07, 6.45) is 1.06. The van der Waals surface area contributed by atoms with Crippen molar-refractivity contribution in [3.8, 4) is 0 Å². The molecule has 1 fully saturated rings. The van der Waals surface area contributed by atoms with Crippen LogP contribution in [0.4, 0.5) is 13.2 Å². The Labute approximate surface area is 122 Å². The molecular formula is C14H21F3N2S. The van der Waals surface area contributed by atoms with Crippen molar-refractivity contribution in [3.05, 3.63) is 11.4 Å². The lowest BCUT2D eigenvalue weighted by Gasteiger charge is -2.26. The molecule has 0 radical (unpaired) electrons. The molecule has 0 N–H and O–H groups in total. The summed E-state index contributed by atoms with van der Waals surface area (Å²) in [5, 5.41) is 0.760. The standard InChI is InChI=1S/C14H21F3N2S/c1-10-11(2)19(12-6-4-3-5-7-12)13(18-10)20-9-8-14(15,16)17/h12H,3-9H2,1-2H3. The monoisotopic (exact) mass is 306 g/mol. The Bertz CT molecular complexity index is 448. The summed E-state index contributed by atoms with van der Waals surface area (Å²) in [4.78, 5) is 4.46. The Kier molecular flexibility index (Phi) is 5.04. The number of imidazole rings is 1. The van der Waals surface area contributed by atoms with Crippen molar-refractivity contribution >= 4 is 11.8 Å². The molecular weight excluding hydrogens is 285 g/mol. The van der Waals surface area contributed by atoms with E-state index in [1.165, 1.54) is 31.0 Å². The second-order valence-electron chi connectivity index (χ2n) is 5.44. The van der Waals surface area contributed by atoms with Gasteiger partial charge in [0.2, 0.25) is 0 Å². The van der Waals surface area contributed by atoms with Gasteiger partial charge in [-0.3, -0.25) is 0 Å². The predicted molar refractivity (Wildman–Crippen MR) is 75.2 cm³/mol. The summed E-state index contributed by atoms with van der Waals surface area (Å²) in [7, 11) is 0. The van der Waals surface area contributed by atoms with Gasteiger partial charge in [-0.15, -0.1) is 0 Å². The van der Waals surface area contributed by atoms with Gasteiger partial charge in [0.15, 0.2) is 5.16 Å². The van der Waals surface area contributed by atoms with Crippen LogP contribution in [-0.4, -0.2) is 21.5 Å². The minimum atomic E-state index is -4.08. The molecule has 6 heteroatoms. The molecule has 2 rings (SSSR count). The van der Waals surface area contributed by atoms with Crippen molar-refractivity contribution in [2.75, 3.05) is 5.75 Å². The molecule has 1 aromatic heterocycles. The molecule has 0 amide bonds. The van der Waals surface area contributed by atoms with E-state index in [9.17, 15) is 13.2 Å². The Morgan fingerprint density at radius 3 is 2.45 bits per heavy atom. The summed E-state index contributed by atoms with van der Waals surface area (Å²) < 4.78 is 38.9. The van der Waals surface area contributed by atoms with Crippen LogP contribution in [0.5, 0.6) is 0 Å². The third kappa shape index (κ3) is 3.93. The summed E-state index contributed by atoms with van der Waals surface area (Å²) in [5.41, 5.74) is 2.04. The van der Waals surface area contributed by atoms with Crippen LogP contribution in [0.25, 0.3) is 0 Å². The van der Waals surface area contributed by atoms with Gasteiger partial charge in [0, 0.05) is 17.5 Å². The number of rotatable bonds is 4. The quantitative estimate of drug-likeness (QED) is 0.724. The van der Waals surface area contributed by atoms with Crippen LogP contribution >= 0.6 is 11.8 Å². The third-order valence-electron chi connectivity index (χ3n) is 3.91. The topological polar surface area (TPSA) is 17.8 Å². The molecule has 0 atom stereocenters. The Balaban J connectivity index is 2.09. The molecule has 2 nitrogen and oxygen atoms in total. The number of aromatic nitrogens is 2. The van der Waals surface area contributed by atoms with Gasteiger partial charge >= 0.3 is 6.18 Å². The summed E-state index contributed by atoms with van der Waals surface area (Å²) in [5.74, 6) is 0.0477. The molecule has 20 heavy (non-hydrogen) atoms. The summed E-state index contributed by atoms with van der Waals surface area (Å²) in [6.45, 7) is 3.95. The molecule has 1 aliphatic rings. The average Bonchev–Trinajstić information content (AvgIpc) is 2.65. The second-order valence-corrected chi connectivity index (χ2v) is 6.50. The molecule has 1 aliphatic carbocycles. The molecule has 1 heterocycles. The van der Waals surface area contributed by atoms with Crippen molar-refractivity contribution in [1.82, 2.24) is 9.55 Å². The highest BCUT2D eigenvalue weighted by Gasteiger charge is 2.28. The normalized spacial score (nSPS) is 17.6. The molecule has 0 bridgehead atoms. The predicted octanol–water partition coefficient (Wildman–Crippen LogP) is 5.05. The zero-order chi connectivity index (χ0) is 14.8. The van der Waals surface area contributed by atoms with Crippen molar-refractivity contribution in [2.45, 2.75) is 69.7 Å². The van der Waals surface area contributed by atoms with Crippen molar-refractivity contribution in [2.24, 2.45) is 0 Å². The minimum Gasteiger partial charge on any atom is -0.320 e. The van der Waals surface area contributed by atoms with E-state index < -0.39 is 12.6 Å². The molecule has 0 unspecified atom stereocenters. The molecule has 0 saturated heterocycles. The van der Waals surface area contributed by atoms with Gasteiger partial charge < -0.3 is 4.57 Å². The Morgan fingerprint density at radius 1 is 1.20 bits per heavy atom. The summed E-state index contributed by atoms with van der Waals surface area (Å²) >= 11 is 1.23. The van der Waals surface area contributed by atoms with Crippen LogP contribution in [0.3, 0.4) is 0 Å². The maximum absolute atomic E-state index is 12.3. The van der Waals surface area contributed by atoms with Crippen LogP contribution in [0.1, 0.15) is 56.0 Å². The second kappa shape index (κ2) is 6.41. The van der Waals surface area contributed by atoms with Gasteiger partial charge in [-0.2, -0.15) is 13.2 Å². The van der Waals surface area contributed by atoms with Crippen LogP contribution < -0.4 is 0 Å². The fraction of sp³-hybridized carbons (Fsp3) is 0.786. The molecule has 1 aromatic rings. The zero-order valence-electron chi connectivity index (χ0n) is 12.0. The van der Waals surface area contributed by atoms with E-state index >= 15 is 0 Å². The fourth-order valence-corrected chi connectivity index (χ4v) is 3.87. The van der Waals surface area contributed by atoms with Crippen LogP contribution in [0, 0.1) is 13.8 Å². The number of alkyl halides is 3. The van der Waals surface area contributed by atoms with E-state index in [1.54, 1.807) is 0 Å². The minimum absolute atomic E-state index is 0.0477. The van der Waals surface area contributed by atoms with E-state index in [-0.39, 0.29) is 5.75 Å². The van der Waals surface area contributed by atoms with Gasteiger partial charge in [-0.1, -0.05) is 31.0 Å². The largest absolute Gasteiger partial charge is 0.389 e. The van der Waals surface area contributed by atoms with E-state index in [0.717, 1.165) is 29.4 Å². The number of hydrogen-bond acceptors (Lipinski definition) is 2. The molecule has 0 aromatic carbocycles. The zero-order valence-corrected chi connectivity index (χ0v) is 12.8. The smallest absolute Gasteiger partial charge is 0.320 e. The highest BCUT2D eigenvalue weighted by atomic mass is 32.2. The molecule has 0 aliphatic heterocycles. The van der Waals surface area contributed by atoms with Gasteiger partial charge in [0.25, 0.3) is 0 Å². The Hall–Kier alpha value is -0.650. The number of nitrogens with zero attached hydrogens (tertiary/aromatic N) is 2. The van der Waals surface area contributed by atoms with Crippen LogP contribution in [0.15, 0.2) is 5.16 Å². The molecule has 1 saturated carbocycles. The van der Waals surface area contributed by atoms with Crippen LogP contribution in [-0.2, 0) is 0 Å². The highest BCUT2D eigenvalue weighted by Crippen LogP contribution is 2.35. The van der Waals surface area contributed by atoms with Gasteiger partial charge in [-0.25, -0.2) is 4.98 Å². The number of halogens is 3. The van der Waals surface area contributed by atoms with E-state index in [4.69, 9.17) is 0 Å². The first-order valence-electron chi connectivity index (χ1n) is 7.13. The number of aryl methyl sites for hydroxylation is 1. The maximum Gasteiger partial charge on any atom is 0.389 e. The Morgan fingerprint density at radius 2 is 1.85 bits per heavy atom. The van der Waals surface area contributed by atoms with Gasteiger partial charge in [0.1, 0.15) is 0 Å². The van der Waals surface area contributed by atoms with Crippen molar-refractivity contribution < 1.29 is 13.2 Å². The lowest BCUT2D eigenvalue weighted by atomic mass is 9.95. The van der Waals surface area contributed by atoms with Crippen molar-refractivity contribution in [3.63, 3.8) is 0 Å².